The summed E-state index contributed by atoms with van der Waals surface area (Å²) in [6.45, 7) is 2.97. The Morgan fingerprint density at radius 1 is 1.20 bits per heavy atom. The van der Waals surface area contributed by atoms with E-state index in [2.05, 4.69) is 20.6 Å². The fourth-order valence-electron chi connectivity index (χ4n) is 5.01. The summed E-state index contributed by atoms with van der Waals surface area (Å²) in [4.78, 5) is 37.1. The van der Waals surface area contributed by atoms with E-state index in [1.54, 1.807) is 37.4 Å². The van der Waals surface area contributed by atoms with Crippen LogP contribution in [0.1, 0.15) is 47.3 Å². The summed E-state index contributed by atoms with van der Waals surface area (Å²) >= 11 is 12.6. The number of rotatable bonds is 9. The summed E-state index contributed by atoms with van der Waals surface area (Å²) in [5, 5.41) is 16.9. The van der Waals surface area contributed by atoms with Gasteiger partial charge in [0.2, 0.25) is 11.9 Å². The van der Waals surface area contributed by atoms with Crippen LogP contribution in [0, 0.1) is 0 Å². The Hall–Kier alpha value is -3.44. The molecule has 1 aromatic heterocycles. The fourth-order valence-corrected chi connectivity index (χ4v) is 5.40. The summed E-state index contributed by atoms with van der Waals surface area (Å²) in [6.07, 6.45) is 3.28. The lowest BCUT2D eigenvalue weighted by molar-refractivity contribution is -0.126. The first-order valence-electron chi connectivity index (χ1n) is 13.3. The highest BCUT2D eigenvalue weighted by molar-refractivity contribution is 6.33. The molecular weight excluding hydrogens is 569 g/mol. The van der Waals surface area contributed by atoms with Gasteiger partial charge in [0.1, 0.15) is 11.8 Å². The SMILES string of the molecule is COc1cc(C(CO)NC(=O)C(C)N2Cc3ccc(-c4nc(NC5CCOCC5)ncc4Cl)cc3C2=O)ccc1Cl. The maximum atomic E-state index is 13.5. The molecule has 41 heavy (non-hydrogen) atoms. The van der Waals surface area contributed by atoms with Crippen LogP contribution in [0.4, 0.5) is 5.95 Å². The average molecular weight is 601 g/mol. The van der Waals surface area contributed by atoms with Crippen molar-refractivity contribution >= 4 is 41.0 Å². The number of hydrogen-bond donors (Lipinski definition) is 3. The Morgan fingerprint density at radius 2 is 1.98 bits per heavy atom. The normalized spacial score (nSPS) is 16.7. The lowest BCUT2D eigenvalue weighted by Gasteiger charge is -2.26. The molecule has 10 nitrogen and oxygen atoms in total. The van der Waals surface area contributed by atoms with Gasteiger partial charge in [-0.05, 0) is 49.1 Å². The van der Waals surface area contributed by atoms with Crippen molar-refractivity contribution in [3.63, 3.8) is 0 Å². The van der Waals surface area contributed by atoms with Crippen molar-refractivity contribution in [1.29, 1.82) is 0 Å². The number of nitrogens with one attached hydrogen (secondary N) is 2. The second-order valence-electron chi connectivity index (χ2n) is 10.0. The molecule has 12 heteroatoms. The van der Waals surface area contributed by atoms with Gasteiger partial charge in [-0.3, -0.25) is 9.59 Å². The Labute approximate surface area is 248 Å². The number of methoxy groups -OCH3 is 1. The molecule has 2 amide bonds. The average Bonchev–Trinajstić information content (AvgIpc) is 3.32. The monoisotopic (exact) mass is 599 g/mol. The van der Waals surface area contributed by atoms with Gasteiger partial charge < -0.3 is 30.1 Å². The number of amides is 2. The molecule has 0 bridgehead atoms. The molecule has 2 aromatic carbocycles. The van der Waals surface area contributed by atoms with E-state index in [1.807, 2.05) is 12.1 Å². The highest BCUT2D eigenvalue weighted by atomic mass is 35.5. The van der Waals surface area contributed by atoms with E-state index in [1.165, 1.54) is 12.0 Å². The summed E-state index contributed by atoms with van der Waals surface area (Å²) in [6, 6.07) is 9.20. The number of benzene rings is 2. The quantitative estimate of drug-likeness (QED) is 0.333. The molecule has 1 fully saturated rings. The number of aliphatic hydroxyl groups is 1. The van der Waals surface area contributed by atoms with Crippen molar-refractivity contribution in [1.82, 2.24) is 20.2 Å². The maximum absolute atomic E-state index is 13.5. The second kappa shape index (κ2) is 12.6. The van der Waals surface area contributed by atoms with Gasteiger partial charge in [0.05, 0.1) is 41.7 Å². The number of carbonyl (C=O) groups is 2. The van der Waals surface area contributed by atoms with Crippen LogP contribution in [-0.4, -0.2) is 70.8 Å². The second-order valence-corrected chi connectivity index (χ2v) is 10.9. The minimum absolute atomic E-state index is 0.215. The van der Waals surface area contributed by atoms with E-state index >= 15 is 0 Å². The molecule has 0 radical (unpaired) electrons. The van der Waals surface area contributed by atoms with E-state index in [4.69, 9.17) is 32.7 Å². The predicted octanol–water partition coefficient (Wildman–Crippen LogP) is 4.24. The molecule has 3 heterocycles. The van der Waals surface area contributed by atoms with Crippen LogP contribution in [0.15, 0.2) is 42.6 Å². The van der Waals surface area contributed by atoms with E-state index < -0.39 is 18.0 Å². The smallest absolute Gasteiger partial charge is 0.255 e. The molecular formula is C29H31Cl2N5O5. The lowest BCUT2D eigenvalue weighted by Crippen LogP contribution is -2.46. The molecule has 0 aliphatic carbocycles. The van der Waals surface area contributed by atoms with Crippen LogP contribution in [0.3, 0.4) is 0 Å². The zero-order valence-corrected chi connectivity index (χ0v) is 24.2. The van der Waals surface area contributed by atoms with Gasteiger partial charge in [0.15, 0.2) is 0 Å². The minimum Gasteiger partial charge on any atom is -0.495 e. The Kier molecular flexibility index (Phi) is 8.94. The van der Waals surface area contributed by atoms with Gasteiger partial charge in [-0.25, -0.2) is 9.97 Å². The number of aromatic nitrogens is 2. The lowest BCUT2D eigenvalue weighted by atomic mass is 10.0. The van der Waals surface area contributed by atoms with Gasteiger partial charge in [-0.15, -0.1) is 0 Å². The topological polar surface area (TPSA) is 126 Å². The molecule has 1 saturated heterocycles. The standard InChI is InChI=1S/C29H31Cl2N5O5/c1-16(27(38)34-24(15-37)17-5-6-22(30)25(12-17)40-2)36-14-19-4-3-18(11-21(19)28(36)39)26-23(31)13-32-29(35-26)33-20-7-9-41-10-8-20/h3-6,11-13,16,20,24,37H,7-10,14-15H2,1-2H3,(H,34,38)(H,32,33,35). The molecule has 0 saturated carbocycles. The van der Waals surface area contributed by atoms with Gasteiger partial charge in [-0.1, -0.05) is 41.4 Å². The van der Waals surface area contributed by atoms with Crippen LogP contribution < -0.4 is 15.4 Å². The van der Waals surface area contributed by atoms with E-state index in [9.17, 15) is 14.7 Å². The third-order valence-corrected chi connectivity index (χ3v) is 8.03. The fraction of sp³-hybridized carbons (Fsp3) is 0.379. The van der Waals surface area contributed by atoms with Gasteiger partial charge in [0.25, 0.3) is 5.91 Å². The largest absolute Gasteiger partial charge is 0.495 e. The van der Waals surface area contributed by atoms with Crippen molar-refractivity contribution < 1.29 is 24.2 Å². The summed E-state index contributed by atoms with van der Waals surface area (Å²) in [5.74, 6) is 0.221. The van der Waals surface area contributed by atoms with Crippen LogP contribution in [0.5, 0.6) is 5.75 Å². The van der Waals surface area contributed by atoms with Crippen molar-refractivity contribution in [2.45, 2.75) is 44.4 Å². The van der Waals surface area contributed by atoms with Crippen molar-refractivity contribution in [2.24, 2.45) is 0 Å². The number of anilines is 1. The predicted molar refractivity (Wildman–Crippen MR) is 155 cm³/mol. The number of carbonyl (C=O) groups excluding carboxylic acids is 2. The highest BCUT2D eigenvalue weighted by Crippen LogP contribution is 2.33. The van der Waals surface area contributed by atoms with E-state index in [0.29, 0.717) is 57.3 Å². The third kappa shape index (κ3) is 6.25. The summed E-state index contributed by atoms with van der Waals surface area (Å²) in [7, 11) is 1.49. The van der Waals surface area contributed by atoms with Gasteiger partial charge >= 0.3 is 0 Å². The Bertz CT molecular complexity index is 1450. The summed E-state index contributed by atoms with van der Waals surface area (Å²) < 4.78 is 10.7. The molecule has 3 N–H and O–H groups in total. The summed E-state index contributed by atoms with van der Waals surface area (Å²) in [5.41, 5.74) is 3.10. The molecule has 0 spiro atoms. The first kappa shape index (κ1) is 29.1. The third-order valence-electron chi connectivity index (χ3n) is 7.44. The number of halogens is 2. The molecule has 3 aromatic rings. The number of fused-ring (bicyclic) bond motifs is 1. The Balaban J connectivity index is 1.30. The number of nitrogens with zero attached hydrogens (tertiary/aromatic N) is 3. The first-order valence-corrected chi connectivity index (χ1v) is 14.1. The van der Waals surface area contributed by atoms with E-state index in [-0.39, 0.29) is 25.1 Å². The zero-order valence-electron chi connectivity index (χ0n) is 22.7. The van der Waals surface area contributed by atoms with Crippen molar-refractivity contribution in [2.75, 3.05) is 32.2 Å². The molecule has 2 aliphatic rings. The number of ether oxygens (including phenoxy) is 2. The van der Waals surface area contributed by atoms with Crippen molar-refractivity contribution in [3.05, 3.63) is 69.3 Å². The Morgan fingerprint density at radius 3 is 2.71 bits per heavy atom. The van der Waals surface area contributed by atoms with Crippen LogP contribution >= 0.6 is 23.2 Å². The molecule has 2 unspecified atom stereocenters. The highest BCUT2D eigenvalue weighted by Gasteiger charge is 2.35. The number of hydrogen-bond acceptors (Lipinski definition) is 8. The molecule has 5 rings (SSSR count). The molecule has 2 aliphatic heterocycles. The van der Waals surface area contributed by atoms with Crippen LogP contribution in [0.25, 0.3) is 11.3 Å². The van der Waals surface area contributed by atoms with E-state index in [0.717, 1.165) is 18.4 Å². The zero-order chi connectivity index (χ0) is 29.1. The molecule has 216 valence electrons. The van der Waals surface area contributed by atoms with Crippen LogP contribution in [-0.2, 0) is 16.1 Å². The minimum atomic E-state index is -0.792. The van der Waals surface area contributed by atoms with Gasteiger partial charge in [0, 0.05) is 36.9 Å². The number of aliphatic hydroxyl groups excluding tert-OH is 1. The van der Waals surface area contributed by atoms with Gasteiger partial charge in [-0.2, -0.15) is 0 Å². The van der Waals surface area contributed by atoms with Crippen molar-refractivity contribution in [3.8, 4) is 17.0 Å². The first-order chi connectivity index (χ1) is 19.8. The maximum Gasteiger partial charge on any atom is 0.255 e. The molecule has 2 atom stereocenters. The van der Waals surface area contributed by atoms with Crippen LogP contribution in [0.2, 0.25) is 10.0 Å².